The lowest BCUT2D eigenvalue weighted by molar-refractivity contribution is 0.0764. The first-order valence-electron chi connectivity index (χ1n) is 12.9. The fourth-order valence-electron chi connectivity index (χ4n) is 6.36. The Kier molecular flexibility index (Phi) is 6.20. The molecule has 1 saturated carbocycles. The Balaban J connectivity index is 1.32. The number of anilines is 1. The summed E-state index contributed by atoms with van der Waals surface area (Å²) in [5, 5.41) is 17.0. The van der Waals surface area contributed by atoms with Crippen molar-refractivity contribution in [3.8, 4) is 6.07 Å². The topological polar surface area (TPSA) is 107 Å². The molecule has 4 aliphatic rings. The average Bonchev–Trinajstić information content (AvgIpc) is 3.56. The Morgan fingerprint density at radius 1 is 1.08 bits per heavy atom. The summed E-state index contributed by atoms with van der Waals surface area (Å²) in [6, 6.07) is 11.6. The minimum atomic E-state index is -3.06. The lowest BCUT2D eigenvalue weighted by Crippen LogP contribution is -2.44. The number of nitriles is 1. The van der Waals surface area contributed by atoms with Crippen molar-refractivity contribution in [1.29, 1.82) is 5.26 Å². The van der Waals surface area contributed by atoms with Crippen molar-refractivity contribution < 1.29 is 13.2 Å². The van der Waals surface area contributed by atoms with Crippen molar-refractivity contribution in [2.75, 3.05) is 29.6 Å². The normalized spacial score (nSPS) is 24.8. The maximum absolute atomic E-state index is 13.1. The molecule has 6 rings (SSSR count). The Morgan fingerprint density at radius 2 is 1.84 bits per heavy atom. The number of carbonyl (C=O) groups excluding carboxylic acids is 1. The summed E-state index contributed by atoms with van der Waals surface area (Å²) in [4.78, 5) is 19.4. The molecule has 1 aromatic carbocycles. The van der Waals surface area contributed by atoms with Gasteiger partial charge >= 0.3 is 0 Å². The second-order valence-corrected chi connectivity index (χ2v) is 13.1. The first-order chi connectivity index (χ1) is 17.8. The molecule has 1 saturated heterocycles. The zero-order chi connectivity index (χ0) is 25.7. The van der Waals surface area contributed by atoms with E-state index in [1.807, 2.05) is 18.2 Å². The number of aromatic nitrogens is 1. The molecule has 0 spiro atoms. The van der Waals surface area contributed by atoms with E-state index in [2.05, 4.69) is 11.1 Å². The van der Waals surface area contributed by atoms with Gasteiger partial charge < -0.3 is 4.90 Å². The molecule has 2 atom stereocenters. The van der Waals surface area contributed by atoms with E-state index in [0.717, 1.165) is 35.5 Å². The maximum Gasteiger partial charge on any atom is 0.272 e. The minimum absolute atomic E-state index is 0.0000801. The largest absolute Gasteiger partial charge is 0.335 e. The van der Waals surface area contributed by atoms with Gasteiger partial charge in [0.1, 0.15) is 11.8 Å². The molecule has 2 fully saturated rings. The van der Waals surface area contributed by atoms with Crippen LogP contribution in [0.4, 0.5) is 5.69 Å². The Morgan fingerprint density at radius 3 is 2.54 bits per heavy atom. The highest BCUT2D eigenvalue weighted by molar-refractivity contribution is 7.91. The fraction of sp³-hybridized carbons (Fsp3) is 0.481. The third kappa shape index (κ3) is 4.40. The van der Waals surface area contributed by atoms with Gasteiger partial charge in [0, 0.05) is 24.6 Å². The van der Waals surface area contributed by atoms with Crippen LogP contribution in [0.1, 0.15) is 59.4 Å². The molecular formula is C27H28ClN5O3S. The van der Waals surface area contributed by atoms with E-state index < -0.39 is 9.84 Å². The van der Waals surface area contributed by atoms with E-state index in [9.17, 15) is 18.5 Å². The van der Waals surface area contributed by atoms with Crippen LogP contribution >= 0.6 is 11.6 Å². The van der Waals surface area contributed by atoms with Gasteiger partial charge in [-0.2, -0.15) is 10.4 Å². The number of rotatable bonds is 3. The van der Waals surface area contributed by atoms with E-state index in [1.165, 1.54) is 25.7 Å². The van der Waals surface area contributed by atoms with E-state index in [4.69, 9.17) is 21.7 Å². The number of fused-ring (bicyclic) bond motifs is 3. The highest BCUT2D eigenvalue weighted by Crippen LogP contribution is 2.45. The number of halogens is 1. The molecule has 1 aromatic heterocycles. The van der Waals surface area contributed by atoms with E-state index >= 15 is 0 Å². The van der Waals surface area contributed by atoms with E-state index in [1.54, 1.807) is 17.0 Å². The molecule has 0 N–H and O–H groups in total. The molecule has 0 bridgehead atoms. The molecule has 0 radical (unpaired) electrons. The van der Waals surface area contributed by atoms with Crippen LogP contribution in [0.3, 0.4) is 0 Å². The van der Waals surface area contributed by atoms with Gasteiger partial charge in [-0.15, -0.1) is 0 Å². The lowest BCUT2D eigenvalue weighted by Gasteiger charge is -2.34. The fourth-order valence-corrected chi connectivity index (χ4v) is 7.78. The van der Waals surface area contributed by atoms with Crippen molar-refractivity contribution in [2.24, 2.45) is 16.9 Å². The third-order valence-electron chi connectivity index (χ3n) is 8.27. The third-order valence-corrected chi connectivity index (χ3v) is 10.2. The Labute approximate surface area is 221 Å². The van der Waals surface area contributed by atoms with Gasteiger partial charge in [0.25, 0.3) is 5.91 Å². The summed E-state index contributed by atoms with van der Waals surface area (Å²) in [7, 11) is -3.06. The molecule has 2 aromatic rings. The zero-order valence-corrected chi connectivity index (χ0v) is 22.0. The van der Waals surface area contributed by atoms with E-state index in [-0.39, 0.29) is 42.5 Å². The van der Waals surface area contributed by atoms with Gasteiger partial charge in [0.15, 0.2) is 9.84 Å². The van der Waals surface area contributed by atoms with Crippen LogP contribution in [0.5, 0.6) is 0 Å². The number of hydrogen-bond donors (Lipinski definition) is 0. The number of pyridine rings is 1. The number of carbonyl (C=O) groups is 1. The van der Waals surface area contributed by atoms with Crippen LogP contribution in [0, 0.1) is 23.2 Å². The van der Waals surface area contributed by atoms with Crippen LogP contribution in [-0.2, 0) is 16.3 Å². The highest BCUT2D eigenvalue weighted by atomic mass is 35.5. The summed E-state index contributed by atoms with van der Waals surface area (Å²) in [6.45, 7) is 0.416. The molecule has 2 aliphatic heterocycles. The second kappa shape index (κ2) is 9.41. The zero-order valence-electron chi connectivity index (χ0n) is 20.4. The van der Waals surface area contributed by atoms with Gasteiger partial charge in [-0.1, -0.05) is 24.4 Å². The maximum atomic E-state index is 13.1. The first-order valence-corrected chi connectivity index (χ1v) is 15.1. The average molecular weight is 538 g/mol. The smallest absolute Gasteiger partial charge is 0.272 e. The number of aryl methyl sites for hydroxylation is 1. The van der Waals surface area contributed by atoms with Crippen LogP contribution < -0.4 is 5.01 Å². The van der Waals surface area contributed by atoms with Gasteiger partial charge in [0.05, 0.1) is 45.2 Å². The summed E-state index contributed by atoms with van der Waals surface area (Å²) in [6.07, 6.45) is 6.47. The summed E-state index contributed by atoms with van der Waals surface area (Å²) >= 11 is 6.40. The van der Waals surface area contributed by atoms with Crippen LogP contribution in [0.15, 0.2) is 35.4 Å². The number of amides is 1. The SMILES string of the molecule is N#Cc1ccc(N2N=C3c4ccc(C(=O)N5CCS(=O)(=O)CC5)nc4CCC3C2C2CCCC2)cc1Cl. The molecule has 3 heterocycles. The van der Waals surface area contributed by atoms with Crippen molar-refractivity contribution in [1.82, 2.24) is 9.88 Å². The molecule has 1 amide bonds. The number of hydrazone groups is 1. The van der Waals surface area contributed by atoms with Gasteiger partial charge in [-0.3, -0.25) is 9.80 Å². The molecule has 2 aliphatic carbocycles. The number of nitrogens with zero attached hydrogens (tertiary/aromatic N) is 5. The van der Waals surface area contributed by atoms with Crippen LogP contribution in [0.25, 0.3) is 0 Å². The van der Waals surface area contributed by atoms with Gasteiger partial charge in [-0.05, 0) is 61.9 Å². The lowest BCUT2D eigenvalue weighted by atomic mass is 9.76. The van der Waals surface area contributed by atoms with Crippen molar-refractivity contribution in [3.05, 3.63) is 57.9 Å². The molecule has 192 valence electrons. The summed E-state index contributed by atoms with van der Waals surface area (Å²) < 4.78 is 23.5. The van der Waals surface area contributed by atoms with Gasteiger partial charge in [0.2, 0.25) is 0 Å². The molecule has 8 nitrogen and oxygen atoms in total. The van der Waals surface area contributed by atoms with Crippen LogP contribution in [-0.4, -0.2) is 60.6 Å². The van der Waals surface area contributed by atoms with Crippen molar-refractivity contribution in [3.63, 3.8) is 0 Å². The number of benzene rings is 1. The standard InChI is InChI=1S/C27H28ClN5O3S/c28-22-15-19(6-5-18(22)16-29)33-26(17-3-1-2-4-17)21-8-9-23-20(25(21)31-33)7-10-24(30-23)27(34)32-11-13-37(35,36)14-12-32/h5-7,10,15,17,21,26H,1-4,8-9,11-14H2. The monoisotopic (exact) mass is 537 g/mol. The predicted octanol–water partition coefficient (Wildman–Crippen LogP) is 3.82. The second-order valence-electron chi connectivity index (χ2n) is 10.4. The predicted molar refractivity (Wildman–Crippen MR) is 142 cm³/mol. The quantitative estimate of drug-likeness (QED) is 0.589. The van der Waals surface area contributed by atoms with E-state index in [0.29, 0.717) is 22.2 Å². The molecular weight excluding hydrogens is 510 g/mol. The minimum Gasteiger partial charge on any atom is -0.335 e. The summed E-state index contributed by atoms with van der Waals surface area (Å²) in [5.41, 5.74) is 4.57. The highest BCUT2D eigenvalue weighted by Gasteiger charge is 2.46. The van der Waals surface area contributed by atoms with Crippen molar-refractivity contribution >= 4 is 38.7 Å². The summed E-state index contributed by atoms with van der Waals surface area (Å²) in [5.74, 6) is 0.581. The Hall–Kier alpha value is -2.96. The number of hydrogen-bond acceptors (Lipinski definition) is 7. The molecule has 2 unspecified atom stereocenters. The Bertz CT molecular complexity index is 1430. The number of sulfone groups is 1. The molecule has 10 heteroatoms. The van der Waals surface area contributed by atoms with Crippen molar-refractivity contribution in [2.45, 2.75) is 44.6 Å². The van der Waals surface area contributed by atoms with Gasteiger partial charge in [-0.25, -0.2) is 13.4 Å². The first kappa shape index (κ1) is 24.4. The van der Waals surface area contributed by atoms with Crippen LogP contribution in [0.2, 0.25) is 5.02 Å². The molecule has 37 heavy (non-hydrogen) atoms.